The quantitative estimate of drug-likeness (QED) is 0.673. The summed E-state index contributed by atoms with van der Waals surface area (Å²) in [4.78, 5) is 11.2. The zero-order valence-electron chi connectivity index (χ0n) is 9.17. The number of hydrogen-bond acceptors (Lipinski definition) is 2. The summed E-state index contributed by atoms with van der Waals surface area (Å²) in [5.41, 5.74) is 0.825. The van der Waals surface area contributed by atoms with Gasteiger partial charge in [0.05, 0.1) is 0 Å². The molecule has 0 atom stereocenters. The molecular formula is C12H10BrF3O2. The van der Waals surface area contributed by atoms with Crippen LogP contribution in [-0.2, 0) is 11.2 Å². The highest BCUT2D eigenvalue weighted by molar-refractivity contribution is 9.10. The van der Waals surface area contributed by atoms with Crippen molar-refractivity contribution in [3.63, 3.8) is 0 Å². The molecule has 0 saturated carbocycles. The molecule has 0 unspecified atom stereocenters. The zero-order valence-corrected chi connectivity index (χ0v) is 10.8. The Morgan fingerprint density at radius 3 is 2.50 bits per heavy atom. The topological polar surface area (TPSA) is 37.3 Å². The minimum atomic E-state index is -4.87. The summed E-state index contributed by atoms with van der Waals surface area (Å²) in [7, 11) is 0. The SMILES string of the molecule is O=C(/C=C(\O)C(F)(F)F)CCc1ccccc1Br. The highest BCUT2D eigenvalue weighted by Crippen LogP contribution is 2.23. The first-order valence-electron chi connectivity index (χ1n) is 5.05. The molecule has 1 aromatic rings. The fourth-order valence-corrected chi connectivity index (χ4v) is 1.75. The fourth-order valence-electron chi connectivity index (χ4n) is 1.27. The monoisotopic (exact) mass is 322 g/mol. The van der Waals surface area contributed by atoms with E-state index < -0.39 is 17.7 Å². The standard InChI is InChI=1S/C12H10BrF3O2/c13-10-4-2-1-3-8(10)5-6-9(17)7-11(18)12(14,15)16/h1-4,7,18H,5-6H2/b11-7-. The summed E-state index contributed by atoms with van der Waals surface area (Å²) in [5, 5.41) is 8.61. The van der Waals surface area contributed by atoms with E-state index >= 15 is 0 Å². The van der Waals surface area contributed by atoms with Gasteiger partial charge < -0.3 is 5.11 Å². The molecule has 0 radical (unpaired) electrons. The molecule has 98 valence electrons. The van der Waals surface area contributed by atoms with Crippen LogP contribution >= 0.6 is 15.9 Å². The number of benzene rings is 1. The molecule has 0 aliphatic heterocycles. The summed E-state index contributed by atoms with van der Waals surface area (Å²) in [5.74, 6) is -2.62. The molecule has 0 heterocycles. The van der Waals surface area contributed by atoms with Crippen molar-refractivity contribution in [2.75, 3.05) is 0 Å². The van der Waals surface area contributed by atoms with Gasteiger partial charge in [-0.05, 0) is 18.1 Å². The summed E-state index contributed by atoms with van der Waals surface area (Å²) >= 11 is 3.27. The lowest BCUT2D eigenvalue weighted by molar-refractivity contribution is -0.125. The lowest BCUT2D eigenvalue weighted by Gasteiger charge is -2.05. The maximum atomic E-state index is 12.0. The lowest BCUT2D eigenvalue weighted by Crippen LogP contribution is -2.13. The number of carbonyl (C=O) groups is 1. The summed E-state index contributed by atoms with van der Waals surface area (Å²) in [6.07, 6.45) is -4.44. The zero-order chi connectivity index (χ0) is 13.8. The van der Waals surface area contributed by atoms with Gasteiger partial charge in [0.25, 0.3) is 0 Å². The smallest absolute Gasteiger partial charge is 0.448 e. The number of hydrogen-bond donors (Lipinski definition) is 1. The van der Waals surface area contributed by atoms with Gasteiger partial charge >= 0.3 is 6.18 Å². The van der Waals surface area contributed by atoms with Crippen molar-refractivity contribution in [1.29, 1.82) is 0 Å². The van der Waals surface area contributed by atoms with Crippen LogP contribution in [0.4, 0.5) is 13.2 Å². The van der Waals surface area contributed by atoms with E-state index in [2.05, 4.69) is 15.9 Å². The van der Waals surface area contributed by atoms with Crippen molar-refractivity contribution >= 4 is 21.7 Å². The van der Waals surface area contributed by atoms with E-state index in [9.17, 15) is 18.0 Å². The number of carbonyl (C=O) groups excluding carboxylic acids is 1. The Balaban J connectivity index is 2.60. The molecule has 1 N–H and O–H groups in total. The first kappa shape index (κ1) is 14.8. The molecule has 2 nitrogen and oxygen atoms in total. The number of halogens is 4. The molecule has 18 heavy (non-hydrogen) atoms. The van der Waals surface area contributed by atoms with Crippen molar-refractivity contribution in [2.45, 2.75) is 19.0 Å². The second-order valence-electron chi connectivity index (χ2n) is 3.59. The van der Waals surface area contributed by atoms with E-state index in [1.165, 1.54) is 0 Å². The molecular weight excluding hydrogens is 313 g/mol. The van der Waals surface area contributed by atoms with Gasteiger partial charge in [-0.3, -0.25) is 4.79 Å². The number of aliphatic hydroxyl groups excluding tert-OH is 1. The average Bonchev–Trinajstić information content (AvgIpc) is 2.26. The Morgan fingerprint density at radius 2 is 1.94 bits per heavy atom. The van der Waals surface area contributed by atoms with Gasteiger partial charge in [0, 0.05) is 17.0 Å². The molecule has 0 bridgehead atoms. The minimum absolute atomic E-state index is 0.0945. The maximum absolute atomic E-state index is 12.0. The first-order chi connectivity index (χ1) is 8.30. The molecule has 0 aliphatic rings. The molecule has 0 spiro atoms. The van der Waals surface area contributed by atoms with Crippen LogP contribution in [-0.4, -0.2) is 17.1 Å². The van der Waals surface area contributed by atoms with Crippen LogP contribution in [0.5, 0.6) is 0 Å². The van der Waals surface area contributed by atoms with E-state index in [1.54, 1.807) is 24.3 Å². The van der Waals surface area contributed by atoms with Crippen LogP contribution < -0.4 is 0 Å². The van der Waals surface area contributed by atoms with Crippen LogP contribution in [0.1, 0.15) is 12.0 Å². The van der Waals surface area contributed by atoms with Gasteiger partial charge in [-0.2, -0.15) is 13.2 Å². The molecule has 0 aromatic heterocycles. The number of allylic oxidation sites excluding steroid dienone is 2. The van der Waals surface area contributed by atoms with E-state index in [4.69, 9.17) is 5.11 Å². The molecule has 6 heteroatoms. The van der Waals surface area contributed by atoms with Gasteiger partial charge in [-0.25, -0.2) is 0 Å². The van der Waals surface area contributed by atoms with Crippen LogP contribution in [0.3, 0.4) is 0 Å². The van der Waals surface area contributed by atoms with Gasteiger partial charge in [-0.1, -0.05) is 34.1 Å². The van der Waals surface area contributed by atoms with Gasteiger partial charge in [-0.15, -0.1) is 0 Å². The lowest BCUT2D eigenvalue weighted by atomic mass is 10.1. The Bertz CT molecular complexity index is 467. The summed E-state index contributed by atoms with van der Waals surface area (Å²) in [6.45, 7) is 0. The molecule has 0 saturated heterocycles. The van der Waals surface area contributed by atoms with Crippen LogP contribution in [0.15, 0.2) is 40.6 Å². The van der Waals surface area contributed by atoms with Gasteiger partial charge in [0.15, 0.2) is 5.78 Å². The Hall–Kier alpha value is -1.30. The second kappa shape index (κ2) is 6.04. The van der Waals surface area contributed by atoms with Crippen LogP contribution in [0.2, 0.25) is 0 Å². The largest absolute Gasteiger partial charge is 0.504 e. The number of rotatable bonds is 4. The van der Waals surface area contributed by atoms with E-state index in [0.717, 1.165) is 10.0 Å². The normalized spacial score (nSPS) is 12.6. The Labute approximate surface area is 110 Å². The predicted octanol–water partition coefficient (Wildman–Crippen LogP) is 3.96. The Kier molecular flexibility index (Phi) is 4.95. The molecule has 0 amide bonds. The van der Waals surface area contributed by atoms with Crippen molar-refractivity contribution in [3.05, 3.63) is 46.1 Å². The van der Waals surface area contributed by atoms with Crippen LogP contribution in [0.25, 0.3) is 0 Å². The Morgan fingerprint density at radius 1 is 1.33 bits per heavy atom. The third-order valence-electron chi connectivity index (χ3n) is 2.19. The number of aliphatic hydroxyl groups is 1. The third kappa shape index (κ3) is 4.52. The highest BCUT2D eigenvalue weighted by Gasteiger charge is 2.34. The third-order valence-corrected chi connectivity index (χ3v) is 2.96. The number of alkyl halides is 3. The van der Waals surface area contributed by atoms with E-state index in [-0.39, 0.29) is 12.5 Å². The first-order valence-corrected chi connectivity index (χ1v) is 5.84. The molecule has 1 rings (SSSR count). The molecule has 0 fully saturated rings. The maximum Gasteiger partial charge on any atom is 0.448 e. The van der Waals surface area contributed by atoms with Crippen molar-refractivity contribution in [1.82, 2.24) is 0 Å². The number of aryl methyl sites for hydroxylation is 1. The summed E-state index contributed by atoms with van der Waals surface area (Å²) < 4.78 is 36.7. The van der Waals surface area contributed by atoms with Crippen molar-refractivity contribution in [3.8, 4) is 0 Å². The molecule has 0 aliphatic carbocycles. The van der Waals surface area contributed by atoms with Crippen LogP contribution in [0, 0.1) is 0 Å². The second-order valence-corrected chi connectivity index (χ2v) is 4.44. The summed E-state index contributed by atoms with van der Waals surface area (Å²) in [6, 6.07) is 7.12. The van der Waals surface area contributed by atoms with Crippen molar-refractivity contribution in [2.24, 2.45) is 0 Å². The average molecular weight is 323 g/mol. The van der Waals surface area contributed by atoms with Crippen molar-refractivity contribution < 1.29 is 23.1 Å². The number of ketones is 1. The van der Waals surface area contributed by atoms with Gasteiger partial charge in [0.1, 0.15) is 0 Å². The predicted molar refractivity (Wildman–Crippen MR) is 64.2 cm³/mol. The van der Waals surface area contributed by atoms with Gasteiger partial charge in [0.2, 0.25) is 5.76 Å². The fraction of sp³-hybridized carbons (Fsp3) is 0.250. The highest BCUT2D eigenvalue weighted by atomic mass is 79.9. The molecule has 1 aromatic carbocycles. The minimum Gasteiger partial charge on any atom is -0.504 e. The van der Waals surface area contributed by atoms with E-state index in [0.29, 0.717) is 6.42 Å². The van der Waals surface area contributed by atoms with E-state index in [1.807, 2.05) is 0 Å².